The first kappa shape index (κ1) is 19.9. The number of methoxy groups -OCH3 is 1. The van der Waals surface area contributed by atoms with Crippen molar-refractivity contribution >= 4 is 28.4 Å². The zero-order chi connectivity index (χ0) is 21.4. The van der Waals surface area contributed by atoms with Crippen LogP contribution < -0.4 is 10.9 Å². The molecule has 4 rings (SSSR count). The number of aryl methyl sites for hydroxylation is 2. The average Bonchev–Trinajstić information content (AvgIpc) is 3.57. The van der Waals surface area contributed by atoms with Crippen LogP contribution in [0.25, 0.3) is 22.0 Å². The van der Waals surface area contributed by atoms with Gasteiger partial charge >= 0.3 is 0 Å². The molecule has 1 fully saturated rings. The molecule has 0 aromatic carbocycles. The Balaban J connectivity index is 1.73. The number of amides is 1. The van der Waals surface area contributed by atoms with Crippen LogP contribution in [0.3, 0.4) is 0 Å². The van der Waals surface area contributed by atoms with Crippen molar-refractivity contribution in [2.75, 3.05) is 19.0 Å². The Morgan fingerprint density at radius 2 is 1.93 bits per heavy atom. The van der Waals surface area contributed by atoms with E-state index >= 15 is 0 Å². The van der Waals surface area contributed by atoms with Crippen LogP contribution in [0.15, 0.2) is 35.4 Å². The summed E-state index contributed by atoms with van der Waals surface area (Å²) in [4.78, 5) is 45.6. The van der Waals surface area contributed by atoms with Crippen molar-refractivity contribution in [3.05, 3.63) is 52.2 Å². The molecule has 8 nitrogen and oxygen atoms in total. The number of rotatable bonds is 6. The van der Waals surface area contributed by atoms with E-state index in [1.165, 1.54) is 11.7 Å². The first-order valence-corrected chi connectivity index (χ1v) is 9.69. The monoisotopic (exact) mass is 406 g/mol. The lowest BCUT2D eigenvalue weighted by Crippen LogP contribution is -2.20. The third-order valence-electron chi connectivity index (χ3n) is 5.27. The van der Waals surface area contributed by atoms with E-state index in [0.717, 1.165) is 23.8 Å². The standard InChI is InChI=1S/C22H22N4O4/c1-12-6-17(19(27)11-30-3)23-10-16(12)15-7-14-9-24-20(25-21(28)13-4-5-13)8-18(14)26(2)22(15)29/h6-10,13H,4-5,11H2,1-3H3,(H,24,25,28). The van der Waals surface area contributed by atoms with E-state index in [1.54, 1.807) is 37.6 Å². The molecular formula is C22H22N4O4. The van der Waals surface area contributed by atoms with Crippen molar-refractivity contribution in [3.8, 4) is 11.1 Å². The van der Waals surface area contributed by atoms with E-state index in [1.807, 2.05) is 6.92 Å². The molecule has 0 bridgehead atoms. The lowest BCUT2D eigenvalue weighted by atomic mass is 10.0. The van der Waals surface area contributed by atoms with Crippen molar-refractivity contribution in [1.82, 2.24) is 14.5 Å². The van der Waals surface area contributed by atoms with E-state index in [0.29, 0.717) is 28.2 Å². The van der Waals surface area contributed by atoms with Crippen LogP contribution in [0.2, 0.25) is 0 Å². The van der Waals surface area contributed by atoms with Gasteiger partial charge in [0.15, 0.2) is 0 Å². The number of fused-ring (bicyclic) bond motifs is 1. The predicted octanol–water partition coefficient (Wildman–Crippen LogP) is 2.48. The molecule has 1 aliphatic carbocycles. The van der Waals surface area contributed by atoms with Gasteiger partial charge in [-0.05, 0) is 37.5 Å². The highest BCUT2D eigenvalue weighted by molar-refractivity contribution is 5.96. The molecule has 0 unspecified atom stereocenters. The van der Waals surface area contributed by atoms with Crippen molar-refractivity contribution < 1.29 is 14.3 Å². The first-order chi connectivity index (χ1) is 14.4. The fourth-order valence-corrected chi connectivity index (χ4v) is 3.39. The second kappa shape index (κ2) is 7.79. The molecule has 3 aromatic heterocycles. The van der Waals surface area contributed by atoms with Crippen LogP contribution in [0.5, 0.6) is 0 Å². The van der Waals surface area contributed by atoms with Gasteiger partial charge in [0.05, 0.1) is 5.52 Å². The first-order valence-electron chi connectivity index (χ1n) is 9.69. The van der Waals surface area contributed by atoms with Gasteiger partial charge in [-0.1, -0.05) is 0 Å². The number of ether oxygens (including phenoxy) is 1. The highest BCUT2D eigenvalue weighted by atomic mass is 16.5. The third kappa shape index (κ3) is 3.73. The summed E-state index contributed by atoms with van der Waals surface area (Å²) in [6.45, 7) is 1.79. The minimum atomic E-state index is -0.219. The summed E-state index contributed by atoms with van der Waals surface area (Å²) in [5.74, 6) is 0.251. The molecule has 0 saturated heterocycles. The van der Waals surface area contributed by atoms with Gasteiger partial charge in [0.1, 0.15) is 18.1 Å². The van der Waals surface area contributed by atoms with E-state index < -0.39 is 0 Å². The van der Waals surface area contributed by atoms with Crippen molar-refractivity contribution in [2.45, 2.75) is 19.8 Å². The summed E-state index contributed by atoms with van der Waals surface area (Å²) < 4.78 is 6.40. The Morgan fingerprint density at radius 3 is 2.60 bits per heavy atom. The number of carbonyl (C=O) groups is 2. The van der Waals surface area contributed by atoms with Gasteiger partial charge in [0, 0.05) is 55.0 Å². The molecule has 3 heterocycles. The maximum absolute atomic E-state index is 13.0. The molecule has 1 saturated carbocycles. The van der Waals surface area contributed by atoms with Gasteiger partial charge in [0.25, 0.3) is 5.56 Å². The molecule has 154 valence electrons. The summed E-state index contributed by atoms with van der Waals surface area (Å²) in [6.07, 6.45) is 4.99. The second-order valence-corrected chi connectivity index (χ2v) is 7.55. The zero-order valence-corrected chi connectivity index (χ0v) is 17.1. The lowest BCUT2D eigenvalue weighted by molar-refractivity contribution is -0.117. The maximum Gasteiger partial charge on any atom is 0.258 e. The summed E-state index contributed by atoms with van der Waals surface area (Å²) >= 11 is 0. The van der Waals surface area contributed by atoms with Gasteiger partial charge in [-0.15, -0.1) is 0 Å². The van der Waals surface area contributed by atoms with E-state index in [2.05, 4.69) is 15.3 Å². The predicted molar refractivity (Wildman–Crippen MR) is 113 cm³/mol. The van der Waals surface area contributed by atoms with E-state index in [4.69, 9.17) is 4.74 Å². The number of nitrogens with one attached hydrogen (secondary N) is 1. The van der Waals surface area contributed by atoms with Crippen LogP contribution in [0.1, 0.15) is 28.9 Å². The molecule has 0 spiro atoms. The van der Waals surface area contributed by atoms with Crippen molar-refractivity contribution in [2.24, 2.45) is 13.0 Å². The Kier molecular flexibility index (Phi) is 5.17. The number of pyridine rings is 3. The van der Waals surface area contributed by atoms with Crippen LogP contribution in [0.4, 0.5) is 5.82 Å². The molecule has 3 aromatic rings. The normalized spacial score (nSPS) is 13.4. The molecule has 1 amide bonds. The van der Waals surface area contributed by atoms with E-state index in [-0.39, 0.29) is 29.8 Å². The topological polar surface area (TPSA) is 103 Å². The Labute approximate surface area is 172 Å². The minimum absolute atomic E-state index is 0.0340. The molecule has 30 heavy (non-hydrogen) atoms. The molecule has 1 aliphatic rings. The maximum atomic E-state index is 13.0. The number of Topliss-reactive ketones (excluding diaryl/α,β-unsaturated/α-hetero) is 1. The van der Waals surface area contributed by atoms with Gasteiger partial charge < -0.3 is 14.6 Å². The Hall–Kier alpha value is -3.39. The molecule has 8 heteroatoms. The molecule has 1 N–H and O–H groups in total. The number of anilines is 1. The summed E-state index contributed by atoms with van der Waals surface area (Å²) in [5.41, 5.74) is 2.65. The van der Waals surface area contributed by atoms with Gasteiger partial charge in [0.2, 0.25) is 11.7 Å². The number of carbonyl (C=O) groups excluding carboxylic acids is 2. The SMILES string of the molecule is COCC(=O)c1cc(C)c(-c2cc3cnc(NC(=O)C4CC4)cc3n(C)c2=O)cn1. The molecular weight excluding hydrogens is 384 g/mol. The summed E-state index contributed by atoms with van der Waals surface area (Å²) in [5, 5.41) is 3.57. The van der Waals surface area contributed by atoms with Crippen LogP contribution >= 0.6 is 0 Å². The smallest absolute Gasteiger partial charge is 0.258 e. The fraction of sp³-hybridized carbons (Fsp3) is 0.318. The number of ketones is 1. The average molecular weight is 406 g/mol. The number of hydrogen-bond donors (Lipinski definition) is 1. The second-order valence-electron chi connectivity index (χ2n) is 7.55. The lowest BCUT2D eigenvalue weighted by Gasteiger charge is -2.12. The Bertz CT molecular complexity index is 1230. The zero-order valence-electron chi connectivity index (χ0n) is 17.1. The quantitative estimate of drug-likeness (QED) is 0.631. The largest absolute Gasteiger partial charge is 0.376 e. The molecule has 0 radical (unpaired) electrons. The fourth-order valence-electron chi connectivity index (χ4n) is 3.39. The van der Waals surface area contributed by atoms with Gasteiger partial charge in [-0.25, -0.2) is 4.98 Å². The number of hydrogen-bond acceptors (Lipinski definition) is 6. The molecule has 0 aliphatic heterocycles. The third-order valence-corrected chi connectivity index (χ3v) is 5.27. The highest BCUT2D eigenvalue weighted by Crippen LogP contribution is 2.30. The number of nitrogens with zero attached hydrogens (tertiary/aromatic N) is 3. The van der Waals surface area contributed by atoms with Crippen molar-refractivity contribution in [1.29, 1.82) is 0 Å². The Morgan fingerprint density at radius 1 is 1.17 bits per heavy atom. The highest BCUT2D eigenvalue weighted by Gasteiger charge is 2.29. The van der Waals surface area contributed by atoms with Crippen molar-refractivity contribution in [3.63, 3.8) is 0 Å². The van der Waals surface area contributed by atoms with Crippen LogP contribution in [-0.2, 0) is 16.6 Å². The van der Waals surface area contributed by atoms with E-state index in [9.17, 15) is 14.4 Å². The number of aromatic nitrogens is 3. The molecule has 0 atom stereocenters. The summed E-state index contributed by atoms with van der Waals surface area (Å²) in [6, 6.07) is 5.13. The minimum Gasteiger partial charge on any atom is -0.376 e. The van der Waals surface area contributed by atoms with Gasteiger partial charge in [-0.2, -0.15) is 0 Å². The van der Waals surface area contributed by atoms with Gasteiger partial charge in [-0.3, -0.25) is 19.4 Å². The van der Waals surface area contributed by atoms with Crippen LogP contribution in [-0.4, -0.2) is 39.9 Å². The van der Waals surface area contributed by atoms with Crippen LogP contribution in [0, 0.1) is 12.8 Å². The summed E-state index contributed by atoms with van der Waals surface area (Å²) in [7, 11) is 3.13.